The first-order valence-electron chi connectivity index (χ1n) is 6.81. The highest BCUT2D eigenvalue weighted by Gasteiger charge is 2.10. The zero-order valence-corrected chi connectivity index (χ0v) is 13.8. The number of hydrogen-bond donors (Lipinski definition) is 1. The van der Waals surface area contributed by atoms with E-state index in [9.17, 15) is 0 Å². The van der Waals surface area contributed by atoms with Gasteiger partial charge in [0.2, 0.25) is 0 Å². The zero-order valence-electron chi connectivity index (χ0n) is 12.2. The molecule has 1 unspecified atom stereocenters. The third-order valence-electron chi connectivity index (χ3n) is 3.25. The van der Waals surface area contributed by atoms with Gasteiger partial charge in [-0.25, -0.2) is 0 Å². The van der Waals surface area contributed by atoms with E-state index in [0.29, 0.717) is 0 Å². The summed E-state index contributed by atoms with van der Waals surface area (Å²) in [7, 11) is 4.18. The molecule has 2 rings (SSSR count). The topological polar surface area (TPSA) is 15.3 Å². The highest BCUT2D eigenvalue weighted by Crippen LogP contribution is 2.27. The van der Waals surface area contributed by atoms with Gasteiger partial charge >= 0.3 is 0 Å². The summed E-state index contributed by atoms with van der Waals surface area (Å²) in [6.07, 6.45) is 0. The standard InChI is InChI=1S/C17H21BrN2/c1-13(15-9-5-6-10-16(15)18)19-17-11-7-4-8-14(17)12-20(2)3/h4-11,13,19H,12H2,1-3H3. The Hall–Kier alpha value is -1.32. The molecule has 0 spiro atoms. The fraction of sp³-hybridized carbons (Fsp3) is 0.294. The molecular formula is C17H21BrN2. The first-order chi connectivity index (χ1) is 9.58. The second-order valence-corrected chi connectivity index (χ2v) is 6.14. The van der Waals surface area contributed by atoms with E-state index in [1.807, 2.05) is 6.07 Å². The predicted octanol–water partition coefficient (Wildman–Crippen LogP) is 4.68. The number of nitrogens with zero attached hydrogens (tertiary/aromatic N) is 1. The van der Waals surface area contributed by atoms with Crippen LogP contribution in [0.1, 0.15) is 24.1 Å². The lowest BCUT2D eigenvalue weighted by Crippen LogP contribution is -2.14. The van der Waals surface area contributed by atoms with Crippen LogP contribution in [0, 0.1) is 0 Å². The van der Waals surface area contributed by atoms with E-state index >= 15 is 0 Å². The number of anilines is 1. The summed E-state index contributed by atoms with van der Waals surface area (Å²) in [6.45, 7) is 3.12. The maximum Gasteiger partial charge on any atom is 0.0496 e. The molecule has 0 saturated heterocycles. The molecule has 2 aromatic rings. The minimum absolute atomic E-state index is 0.258. The molecule has 3 heteroatoms. The van der Waals surface area contributed by atoms with Gasteiger partial charge in [0, 0.05) is 22.7 Å². The Morgan fingerprint density at radius 1 is 1.05 bits per heavy atom. The van der Waals surface area contributed by atoms with Gasteiger partial charge < -0.3 is 10.2 Å². The second-order valence-electron chi connectivity index (χ2n) is 5.28. The molecule has 2 aromatic carbocycles. The van der Waals surface area contributed by atoms with E-state index in [1.54, 1.807) is 0 Å². The molecular weight excluding hydrogens is 312 g/mol. The lowest BCUT2D eigenvalue weighted by Gasteiger charge is -2.21. The smallest absolute Gasteiger partial charge is 0.0496 e. The van der Waals surface area contributed by atoms with E-state index in [0.717, 1.165) is 11.0 Å². The number of nitrogens with one attached hydrogen (secondary N) is 1. The van der Waals surface area contributed by atoms with Crippen molar-refractivity contribution in [1.29, 1.82) is 0 Å². The Labute approximate surface area is 129 Å². The molecule has 0 aliphatic heterocycles. The van der Waals surface area contributed by atoms with E-state index in [-0.39, 0.29) is 6.04 Å². The molecule has 0 aliphatic rings. The molecule has 1 atom stereocenters. The molecule has 0 heterocycles. The SMILES string of the molecule is CC(Nc1ccccc1CN(C)C)c1ccccc1Br. The summed E-state index contributed by atoms with van der Waals surface area (Å²) >= 11 is 3.62. The van der Waals surface area contributed by atoms with Crippen molar-refractivity contribution in [2.45, 2.75) is 19.5 Å². The van der Waals surface area contributed by atoms with Crippen LogP contribution >= 0.6 is 15.9 Å². The Balaban J connectivity index is 2.20. The molecule has 2 nitrogen and oxygen atoms in total. The van der Waals surface area contributed by atoms with Crippen molar-refractivity contribution in [3.63, 3.8) is 0 Å². The van der Waals surface area contributed by atoms with Crippen LogP contribution < -0.4 is 5.32 Å². The van der Waals surface area contributed by atoms with Gasteiger partial charge in [0.1, 0.15) is 0 Å². The summed E-state index contributed by atoms with van der Waals surface area (Å²) in [5, 5.41) is 3.62. The fourth-order valence-corrected chi connectivity index (χ4v) is 2.91. The normalized spacial score (nSPS) is 12.4. The van der Waals surface area contributed by atoms with Crippen molar-refractivity contribution >= 4 is 21.6 Å². The number of hydrogen-bond acceptors (Lipinski definition) is 2. The Morgan fingerprint density at radius 3 is 2.40 bits per heavy atom. The minimum atomic E-state index is 0.258. The molecule has 0 bridgehead atoms. The first kappa shape index (κ1) is 15.1. The summed E-state index contributed by atoms with van der Waals surface area (Å²) in [6, 6.07) is 17.1. The van der Waals surface area contributed by atoms with Crippen molar-refractivity contribution in [2.75, 3.05) is 19.4 Å². The van der Waals surface area contributed by atoms with Gasteiger partial charge in [-0.05, 0) is 44.3 Å². The van der Waals surface area contributed by atoms with Crippen molar-refractivity contribution in [3.05, 3.63) is 64.1 Å². The predicted molar refractivity (Wildman–Crippen MR) is 90.0 cm³/mol. The largest absolute Gasteiger partial charge is 0.378 e. The van der Waals surface area contributed by atoms with Gasteiger partial charge in [0.05, 0.1) is 0 Å². The van der Waals surface area contributed by atoms with E-state index < -0.39 is 0 Å². The molecule has 0 radical (unpaired) electrons. The second kappa shape index (κ2) is 6.91. The molecule has 20 heavy (non-hydrogen) atoms. The Morgan fingerprint density at radius 2 is 1.70 bits per heavy atom. The van der Waals surface area contributed by atoms with E-state index in [2.05, 4.69) is 89.6 Å². The van der Waals surface area contributed by atoms with Crippen LogP contribution in [0.25, 0.3) is 0 Å². The molecule has 106 valence electrons. The molecule has 1 N–H and O–H groups in total. The molecule has 0 aliphatic carbocycles. The van der Waals surface area contributed by atoms with E-state index in [4.69, 9.17) is 0 Å². The van der Waals surface area contributed by atoms with Crippen LogP contribution in [-0.2, 0) is 6.54 Å². The molecule has 0 amide bonds. The maximum absolute atomic E-state index is 3.62. The van der Waals surface area contributed by atoms with Gasteiger partial charge in [-0.1, -0.05) is 52.3 Å². The number of para-hydroxylation sites is 1. The average Bonchev–Trinajstić information content (AvgIpc) is 2.41. The summed E-state index contributed by atoms with van der Waals surface area (Å²) in [5.41, 5.74) is 3.79. The number of halogens is 1. The average molecular weight is 333 g/mol. The van der Waals surface area contributed by atoms with Crippen molar-refractivity contribution in [3.8, 4) is 0 Å². The summed E-state index contributed by atoms with van der Waals surface area (Å²) < 4.78 is 1.14. The third-order valence-corrected chi connectivity index (χ3v) is 3.97. The van der Waals surface area contributed by atoms with Crippen LogP contribution in [-0.4, -0.2) is 19.0 Å². The van der Waals surface area contributed by atoms with Crippen molar-refractivity contribution in [1.82, 2.24) is 4.90 Å². The van der Waals surface area contributed by atoms with Crippen LogP contribution in [0.15, 0.2) is 53.0 Å². The van der Waals surface area contributed by atoms with Crippen molar-refractivity contribution < 1.29 is 0 Å². The highest BCUT2D eigenvalue weighted by molar-refractivity contribution is 9.10. The lowest BCUT2D eigenvalue weighted by atomic mass is 10.1. The van der Waals surface area contributed by atoms with Crippen molar-refractivity contribution in [2.24, 2.45) is 0 Å². The van der Waals surface area contributed by atoms with E-state index in [1.165, 1.54) is 16.8 Å². The third kappa shape index (κ3) is 3.84. The molecule has 0 aromatic heterocycles. The van der Waals surface area contributed by atoms with Crippen LogP contribution in [0.5, 0.6) is 0 Å². The molecule has 0 fully saturated rings. The quantitative estimate of drug-likeness (QED) is 0.854. The van der Waals surface area contributed by atoms with Gasteiger partial charge in [-0.3, -0.25) is 0 Å². The van der Waals surface area contributed by atoms with Crippen LogP contribution in [0.2, 0.25) is 0 Å². The monoisotopic (exact) mass is 332 g/mol. The highest BCUT2D eigenvalue weighted by atomic mass is 79.9. The first-order valence-corrected chi connectivity index (χ1v) is 7.61. The number of benzene rings is 2. The van der Waals surface area contributed by atoms with Gasteiger partial charge in [0.25, 0.3) is 0 Å². The number of rotatable bonds is 5. The fourth-order valence-electron chi connectivity index (χ4n) is 2.28. The van der Waals surface area contributed by atoms with Crippen LogP contribution in [0.3, 0.4) is 0 Å². The van der Waals surface area contributed by atoms with Gasteiger partial charge in [-0.2, -0.15) is 0 Å². The maximum atomic E-state index is 3.62. The Bertz CT molecular complexity index is 566. The Kier molecular flexibility index (Phi) is 5.21. The van der Waals surface area contributed by atoms with Gasteiger partial charge in [0.15, 0.2) is 0 Å². The minimum Gasteiger partial charge on any atom is -0.378 e. The molecule has 0 saturated carbocycles. The van der Waals surface area contributed by atoms with Gasteiger partial charge in [-0.15, -0.1) is 0 Å². The summed E-state index contributed by atoms with van der Waals surface area (Å²) in [4.78, 5) is 2.18. The zero-order chi connectivity index (χ0) is 14.5. The lowest BCUT2D eigenvalue weighted by molar-refractivity contribution is 0.403. The summed E-state index contributed by atoms with van der Waals surface area (Å²) in [5.74, 6) is 0. The van der Waals surface area contributed by atoms with Crippen LogP contribution in [0.4, 0.5) is 5.69 Å².